The van der Waals surface area contributed by atoms with Crippen molar-refractivity contribution in [1.29, 1.82) is 0 Å². The number of Topliss-reactive ketones (excluding diaryl/α,β-unsaturated/α-hetero) is 2. The number of hydrogen-bond acceptors (Lipinski definition) is 5. The second-order valence-electron chi connectivity index (χ2n) is 6.02. The molecule has 0 spiro atoms. The molecule has 0 unspecified atom stereocenters. The summed E-state index contributed by atoms with van der Waals surface area (Å²) in [6.45, 7) is 4.91. The zero-order valence-electron chi connectivity index (χ0n) is 12.6. The molecule has 0 aromatic heterocycles. The number of carbonyl (C=O) groups excluding carboxylic acids is 3. The van der Waals surface area contributed by atoms with E-state index in [0.29, 0.717) is 16.9 Å². The van der Waals surface area contributed by atoms with Crippen LogP contribution in [0.4, 0.5) is 0 Å². The van der Waals surface area contributed by atoms with Crippen LogP contribution in [0.5, 0.6) is 0 Å². The number of benzene rings is 1. The van der Waals surface area contributed by atoms with Gasteiger partial charge in [-0.2, -0.15) is 0 Å². The van der Waals surface area contributed by atoms with Crippen LogP contribution in [-0.2, 0) is 19.1 Å². The summed E-state index contributed by atoms with van der Waals surface area (Å²) in [7, 11) is 0. The third-order valence-electron chi connectivity index (χ3n) is 4.01. The molecular formula is C17H16O5. The zero-order chi connectivity index (χ0) is 16.1. The van der Waals surface area contributed by atoms with Crippen molar-refractivity contribution in [2.45, 2.75) is 38.9 Å². The van der Waals surface area contributed by atoms with Crippen molar-refractivity contribution in [3.8, 4) is 0 Å². The first-order valence-electron chi connectivity index (χ1n) is 7.09. The van der Waals surface area contributed by atoms with E-state index in [9.17, 15) is 14.4 Å². The van der Waals surface area contributed by atoms with E-state index in [1.165, 1.54) is 6.92 Å². The molecule has 0 amide bonds. The Balaban J connectivity index is 2.12. The third-order valence-corrected chi connectivity index (χ3v) is 4.01. The summed E-state index contributed by atoms with van der Waals surface area (Å²) >= 11 is 0. The zero-order valence-corrected chi connectivity index (χ0v) is 12.6. The van der Waals surface area contributed by atoms with Crippen LogP contribution in [0, 0.1) is 0 Å². The van der Waals surface area contributed by atoms with E-state index in [4.69, 9.17) is 9.47 Å². The predicted octanol–water partition coefficient (Wildman–Crippen LogP) is 2.29. The van der Waals surface area contributed by atoms with Gasteiger partial charge in [0, 0.05) is 24.5 Å². The first kappa shape index (κ1) is 14.5. The number of carbonyl (C=O) groups is 3. The molecular weight excluding hydrogens is 284 g/mol. The summed E-state index contributed by atoms with van der Waals surface area (Å²) in [6.07, 6.45) is -0.424. The maximum absolute atomic E-state index is 12.3. The van der Waals surface area contributed by atoms with E-state index >= 15 is 0 Å². The Morgan fingerprint density at radius 2 is 1.82 bits per heavy atom. The van der Waals surface area contributed by atoms with Gasteiger partial charge in [0.15, 0.2) is 0 Å². The molecule has 0 radical (unpaired) electrons. The lowest BCUT2D eigenvalue weighted by Crippen LogP contribution is -2.47. The highest BCUT2D eigenvalue weighted by molar-refractivity contribution is 6.52. The van der Waals surface area contributed by atoms with Gasteiger partial charge in [0.05, 0.1) is 5.57 Å². The molecule has 0 bridgehead atoms. The van der Waals surface area contributed by atoms with Crippen molar-refractivity contribution in [2.24, 2.45) is 0 Å². The number of fused-ring (bicyclic) bond motifs is 2. The van der Waals surface area contributed by atoms with Crippen LogP contribution in [0.3, 0.4) is 0 Å². The summed E-state index contributed by atoms with van der Waals surface area (Å²) in [4.78, 5) is 35.8. The van der Waals surface area contributed by atoms with Gasteiger partial charge in [-0.1, -0.05) is 24.3 Å². The van der Waals surface area contributed by atoms with Crippen molar-refractivity contribution < 1.29 is 23.9 Å². The molecule has 5 heteroatoms. The van der Waals surface area contributed by atoms with Crippen molar-refractivity contribution in [3.63, 3.8) is 0 Å². The second kappa shape index (κ2) is 4.80. The summed E-state index contributed by atoms with van der Waals surface area (Å²) in [5.74, 6) is -1.14. The lowest BCUT2D eigenvalue weighted by Gasteiger charge is -2.41. The highest BCUT2D eigenvalue weighted by Crippen LogP contribution is 2.42. The molecule has 1 aliphatic heterocycles. The number of esters is 1. The monoisotopic (exact) mass is 300 g/mol. The Labute approximate surface area is 127 Å². The van der Waals surface area contributed by atoms with Gasteiger partial charge >= 0.3 is 5.97 Å². The van der Waals surface area contributed by atoms with Crippen LogP contribution in [0.15, 0.2) is 29.8 Å². The minimum Gasteiger partial charge on any atom is -0.483 e. The molecule has 1 aliphatic carbocycles. The average Bonchev–Trinajstić information content (AvgIpc) is 2.46. The molecule has 3 rings (SSSR count). The second-order valence-corrected chi connectivity index (χ2v) is 6.02. The summed E-state index contributed by atoms with van der Waals surface area (Å²) < 4.78 is 11.2. The van der Waals surface area contributed by atoms with Crippen molar-refractivity contribution >= 4 is 23.3 Å². The summed E-state index contributed by atoms with van der Waals surface area (Å²) in [6, 6.07) is 6.89. The van der Waals surface area contributed by atoms with Crippen LogP contribution in [0.1, 0.15) is 43.1 Å². The van der Waals surface area contributed by atoms with Crippen LogP contribution < -0.4 is 0 Å². The molecule has 22 heavy (non-hydrogen) atoms. The molecule has 1 heterocycles. The van der Waals surface area contributed by atoms with E-state index in [1.54, 1.807) is 38.1 Å². The van der Waals surface area contributed by atoms with Gasteiger partial charge in [0.1, 0.15) is 17.5 Å². The predicted molar refractivity (Wildman–Crippen MR) is 78.0 cm³/mol. The fraction of sp³-hybridized carbons (Fsp3) is 0.353. The third kappa shape index (κ3) is 2.13. The molecule has 0 saturated heterocycles. The molecule has 0 fully saturated rings. The lowest BCUT2D eigenvalue weighted by atomic mass is 9.81. The minimum atomic E-state index is -0.779. The Kier molecular flexibility index (Phi) is 3.16. The maximum Gasteiger partial charge on any atom is 0.303 e. The van der Waals surface area contributed by atoms with Crippen molar-refractivity contribution in [3.05, 3.63) is 41.0 Å². The average molecular weight is 300 g/mol. The van der Waals surface area contributed by atoms with Crippen LogP contribution in [-0.4, -0.2) is 29.2 Å². The molecule has 0 saturated carbocycles. The number of ketones is 2. The molecule has 5 nitrogen and oxygen atoms in total. The Hall–Kier alpha value is -2.43. The number of rotatable bonds is 1. The largest absolute Gasteiger partial charge is 0.483 e. The molecule has 1 atom stereocenters. The van der Waals surface area contributed by atoms with Gasteiger partial charge in [0.2, 0.25) is 11.6 Å². The standard InChI is InChI=1S/C17H16O5/c1-9(18)21-13-8-12-15(20)14(19)10-6-4-5-7-11(10)16(12)22-17(13,2)3/h4-7,13H,8H2,1-3H3/t13-/m1/s1. The van der Waals surface area contributed by atoms with E-state index in [2.05, 4.69) is 0 Å². The van der Waals surface area contributed by atoms with E-state index < -0.39 is 29.2 Å². The molecule has 1 aromatic rings. The Morgan fingerprint density at radius 3 is 2.45 bits per heavy atom. The smallest absolute Gasteiger partial charge is 0.303 e. The number of hydrogen-bond donors (Lipinski definition) is 0. The van der Waals surface area contributed by atoms with Gasteiger partial charge in [-0.05, 0) is 13.8 Å². The van der Waals surface area contributed by atoms with E-state index in [-0.39, 0.29) is 12.0 Å². The highest BCUT2D eigenvalue weighted by atomic mass is 16.6. The summed E-state index contributed by atoms with van der Waals surface area (Å²) in [5.41, 5.74) is 0.483. The molecule has 2 aliphatic rings. The van der Waals surface area contributed by atoms with Gasteiger partial charge < -0.3 is 9.47 Å². The topological polar surface area (TPSA) is 69.7 Å². The van der Waals surface area contributed by atoms with Crippen molar-refractivity contribution in [2.75, 3.05) is 0 Å². The lowest BCUT2D eigenvalue weighted by molar-refractivity contribution is -0.160. The fourth-order valence-corrected chi connectivity index (χ4v) is 2.85. The first-order chi connectivity index (χ1) is 10.3. The quantitative estimate of drug-likeness (QED) is 0.588. The van der Waals surface area contributed by atoms with Gasteiger partial charge in [-0.3, -0.25) is 14.4 Å². The molecule has 1 aromatic carbocycles. The van der Waals surface area contributed by atoms with Crippen LogP contribution >= 0.6 is 0 Å². The van der Waals surface area contributed by atoms with Crippen LogP contribution in [0.25, 0.3) is 5.76 Å². The highest BCUT2D eigenvalue weighted by Gasteiger charge is 2.46. The number of ether oxygens (including phenoxy) is 2. The fourth-order valence-electron chi connectivity index (χ4n) is 2.85. The SMILES string of the molecule is CC(=O)O[C@@H]1CC2=C(OC1(C)C)c1ccccc1C(=O)C2=O. The van der Waals surface area contributed by atoms with E-state index in [0.717, 1.165) is 0 Å². The van der Waals surface area contributed by atoms with Gasteiger partial charge in [-0.25, -0.2) is 0 Å². The summed E-state index contributed by atoms with van der Waals surface area (Å²) in [5, 5.41) is 0. The first-order valence-corrected chi connectivity index (χ1v) is 7.09. The van der Waals surface area contributed by atoms with Gasteiger partial charge in [-0.15, -0.1) is 0 Å². The molecule has 0 N–H and O–H groups in total. The molecule has 114 valence electrons. The minimum absolute atomic E-state index is 0.181. The van der Waals surface area contributed by atoms with Crippen molar-refractivity contribution in [1.82, 2.24) is 0 Å². The Bertz CT molecular complexity index is 726. The van der Waals surface area contributed by atoms with E-state index in [1.807, 2.05) is 0 Å². The normalized spacial score (nSPS) is 22.6. The Morgan fingerprint density at radius 1 is 1.18 bits per heavy atom. The maximum atomic E-state index is 12.3. The van der Waals surface area contributed by atoms with Crippen LogP contribution in [0.2, 0.25) is 0 Å². The van der Waals surface area contributed by atoms with Gasteiger partial charge in [0.25, 0.3) is 0 Å².